The lowest BCUT2D eigenvalue weighted by Gasteiger charge is -2.14. The maximum atomic E-state index is 10.4. The molecule has 5 heteroatoms. The number of benzene rings is 2. The van der Waals surface area contributed by atoms with E-state index in [0.29, 0.717) is 26.0 Å². The Bertz CT molecular complexity index is 891. The van der Waals surface area contributed by atoms with Crippen LogP contribution >= 0.6 is 0 Å². The first-order valence-electron chi connectivity index (χ1n) is 13.1. The van der Waals surface area contributed by atoms with Crippen LogP contribution in [0.3, 0.4) is 0 Å². The van der Waals surface area contributed by atoms with E-state index in [1.165, 1.54) is 11.6 Å². The summed E-state index contributed by atoms with van der Waals surface area (Å²) in [5, 5.41) is 32.6. The summed E-state index contributed by atoms with van der Waals surface area (Å²) in [5.74, 6) is -0.457. The third-order valence-corrected chi connectivity index (χ3v) is 4.78. The van der Waals surface area contributed by atoms with Gasteiger partial charge in [0.15, 0.2) is 0 Å². The van der Waals surface area contributed by atoms with Gasteiger partial charge in [-0.2, -0.15) is 0 Å². The fraction of sp³-hybridized carbons (Fsp3) is 0.520. The van der Waals surface area contributed by atoms with Crippen molar-refractivity contribution in [2.24, 2.45) is 0 Å². The van der Waals surface area contributed by atoms with E-state index >= 15 is 0 Å². The van der Waals surface area contributed by atoms with Gasteiger partial charge in [-0.1, -0.05) is 49.2 Å². The maximum Gasteiger partial charge on any atom is 0.121 e. The van der Waals surface area contributed by atoms with Crippen molar-refractivity contribution in [3.05, 3.63) is 65.2 Å². The summed E-state index contributed by atoms with van der Waals surface area (Å²) in [4.78, 5) is 0. The molecule has 1 unspecified atom stereocenters. The number of phenols is 1. The molecular weight excluding hydrogens is 378 g/mol. The van der Waals surface area contributed by atoms with Crippen molar-refractivity contribution in [2.45, 2.75) is 57.6 Å². The Morgan fingerprint density at radius 2 is 1.80 bits per heavy atom. The number of hydrogen-bond acceptors (Lipinski definition) is 5. The van der Waals surface area contributed by atoms with Crippen LogP contribution in [0.4, 0.5) is 0 Å². The molecule has 0 heterocycles. The summed E-state index contributed by atoms with van der Waals surface area (Å²) in [6, 6.07) is 13.7. The fourth-order valence-electron chi connectivity index (χ4n) is 3.03. The van der Waals surface area contributed by atoms with Gasteiger partial charge >= 0.3 is 0 Å². The van der Waals surface area contributed by atoms with Crippen LogP contribution in [0.1, 0.15) is 68.1 Å². The minimum Gasteiger partial charge on any atom is -0.508 e. The molecule has 0 aliphatic heterocycles. The van der Waals surface area contributed by atoms with E-state index in [1.54, 1.807) is 0 Å². The summed E-state index contributed by atoms with van der Waals surface area (Å²) < 4.78 is 44.3. The van der Waals surface area contributed by atoms with E-state index in [2.05, 4.69) is 17.4 Å². The zero-order valence-corrected chi connectivity index (χ0v) is 17.4. The van der Waals surface area contributed by atoms with Gasteiger partial charge in [0.05, 0.1) is 19.5 Å². The molecule has 0 aliphatic carbocycles. The molecule has 2 aromatic rings. The molecular formula is C25H37NO4. The van der Waals surface area contributed by atoms with Gasteiger partial charge in [-0.05, 0) is 61.9 Å². The molecule has 0 amide bonds. The normalized spacial score (nSPS) is 16.7. The quantitative estimate of drug-likeness (QED) is 0.307. The second kappa shape index (κ2) is 15.0. The lowest BCUT2D eigenvalue weighted by atomic mass is 10.1. The molecule has 4 N–H and O–H groups in total. The van der Waals surface area contributed by atoms with Crippen LogP contribution in [0.2, 0.25) is 0 Å². The van der Waals surface area contributed by atoms with Gasteiger partial charge < -0.3 is 25.4 Å². The number of unbranched alkanes of at least 4 members (excludes halogenated alkanes) is 3. The van der Waals surface area contributed by atoms with E-state index < -0.39 is 30.5 Å². The van der Waals surface area contributed by atoms with E-state index in [9.17, 15) is 15.3 Å². The number of ether oxygens (including phenoxy) is 1. The zero-order valence-electron chi connectivity index (χ0n) is 22.4. The summed E-state index contributed by atoms with van der Waals surface area (Å²) in [6.45, 7) is -3.68. The van der Waals surface area contributed by atoms with Crippen molar-refractivity contribution in [1.82, 2.24) is 5.32 Å². The molecule has 5 nitrogen and oxygen atoms in total. The summed E-state index contributed by atoms with van der Waals surface area (Å²) >= 11 is 0. The zero-order chi connectivity index (χ0) is 26.0. The van der Waals surface area contributed by atoms with Crippen molar-refractivity contribution >= 4 is 0 Å². The molecule has 0 aliphatic rings. The SMILES string of the molecule is [2H]C([2H])(CCCCCNCC([2H])(O)c1ccc(O)c(C([2H])([2H])O)c1)OCCCCc1ccccc1. The van der Waals surface area contributed by atoms with Crippen LogP contribution < -0.4 is 5.32 Å². The lowest BCUT2D eigenvalue weighted by molar-refractivity contribution is 0.126. The van der Waals surface area contributed by atoms with Gasteiger partial charge in [-0.25, -0.2) is 0 Å². The highest BCUT2D eigenvalue weighted by atomic mass is 16.5. The van der Waals surface area contributed by atoms with Crippen molar-refractivity contribution in [1.29, 1.82) is 0 Å². The molecule has 1 atom stereocenters. The number of aliphatic hydroxyl groups is 2. The van der Waals surface area contributed by atoms with Crippen molar-refractivity contribution in [3.63, 3.8) is 0 Å². The Hall–Kier alpha value is -1.92. The third-order valence-electron chi connectivity index (χ3n) is 4.78. The van der Waals surface area contributed by atoms with Gasteiger partial charge in [-0.3, -0.25) is 0 Å². The van der Waals surface area contributed by atoms with Crippen LogP contribution in [0.15, 0.2) is 48.5 Å². The predicted molar refractivity (Wildman–Crippen MR) is 121 cm³/mol. The second-order valence-electron chi connectivity index (χ2n) is 7.21. The average molecular weight is 421 g/mol. The Morgan fingerprint density at radius 3 is 2.60 bits per heavy atom. The van der Waals surface area contributed by atoms with E-state index in [4.69, 9.17) is 11.6 Å². The molecule has 0 spiro atoms. The van der Waals surface area contributed by atoms with Gasteiger partial charge in [0.1, 0.15) is 5.75 Å². The number of nitrogens with one attached hydrogen (secondary N) is 1. The number of aromatic hydroxyl groups is 1. The second-order valence-corrected chi connectivity index (χ2v) is 7.21. The topological polar surface area (TPSA) is 82.0 Å². The standard InChI is InChI=1S/C25H37NO4/c27-20-23-18-22(13-14-24(23)28)25(29)19-26-15-7-1-2-8-16-30-17-9-6-12-21-10-4-3-5-11-21/h3-5,10-11,13-14,18,25-29H,1-2,6-9,12,15-17,19-20H2/i16D2,20D2,25D. The average Bonchev–Trinajstić information content (AvgIpc) is 2.78. The van der Waals surface area contributed by atoms with Gasteiger partial charge in [0, 0.05) is 25.3 Å². The Kier molecular flexibility index (Phi) is 8.85. The Balaban J connectivity index is 1.59. The molecule has 2 aromatic carbocycles. The summed E-state index contributed by atoms with van der Waals surface area (Å²) in [5.41, 5.74) is 0.909. The predicted octanol–water partition coefficient (Wildman–Crippen LogP) is 4.11. The molecule has 0 bridgehead atoms. The first-order chi connectivity index (χ1) is 16.4. The fourth-order valence-corrected chi connectivity index (χ4v) is 3.03. The number of hydrogen-bond donors (Lipinski definition) is 4. The number of rotatable bonds is 16. The molecule has 0 saturated heterocycles. The van der Waals surface area contributed by atoms with Crippen LogP contribution in [-0.4, -0.2) is 41.6 Å². The maximum absolute atomic E-state index is 10.4. The highest BCUT2D eigenvalue weighted by Crippen LogP contribution is 2.22. The van der Waals surface area contributed by atoms with Crippen LogP contribution in [0.5, 0.6) is 5.75 Å². The molecule has 0 fully saturated rings. The lowest BCUT2D eigenvalue weighted by Crippen LogP contribution is -2.22. The van der Waals surface area contributed by atoms with E-state index in [0.717, 1.165) is 44.2 Å². The monoisotopic (exact) mass is 420 g/mol. The highest BCUT2D eigenvalue weighted by molar-refractivity contribution is 5.36. The minimum absolute atomic E-state index is 0.0461. The first kappa shape index (κ1) is 17.7. The van der Waals surface area contributed by atoms with Gasteiger partial charge in [0.25, 0.3) is 0 Å². The molecule has 0 radical (unpaired) electrons. The molecule has 0 saturated carbocycles. The molecule has 30 heavy (non-hydrogen) atoms. The van der Waals surface area contributed by atoms with Crippen molar-refractivity contribution in [3.8, 4) is 5.75 Å². The molecule has 166 valence electrons. The van der Waals surface area contributed by atoms with Gasteiger partial charge in [0.2, 0.25) is 0 Å². The number of aryl methyl sites for hydroxylation is 1. The molecule has 0 aromatic heterocycles. The van der Waals surface area contributed by atoms with E-state index in [-0.39, 0.29) is 12.1 Å². The Morgan fingerprint density at radius 1 is 1.00 bits per heavy atom. The van der Waals surface area contributed by atoms with Crippen LogP contribution in [0.25, 0.3) is 0 Å². The minimum atomic E-state index is -2.79. The smallest absolute Gasteiger partial charge is 0.121 e. The van der Waals surface area contributed by atoms with E-state index in [1.807, 2.05) is 18.2 Å². The third kappa shape index (κ3) is 9.72. The summed E-state index contributed by atoms with van der Waals surface area (Å²) in [7, 11) is 0. The van der Waals surface area contributed by atoms with Crippen molar-refractivity contribution < 1.29 is 26.9 Å². The van der Waals surface area contributed by atoms with Gasteiger partial charge in [-0.15, -0.1) is 0 Å². The largest absolute Gasteiger partial charge is 0.508 e. The Labute approximate surface area is 187 Å². The molecule has 2 rings (SSSR count). The van der Waals surface area contributed by atoms with Crippen molar-refractivity contribution in [2.75, 3.05) is 26.3 Å². The van der Waals surface area contributed by atoms with Crippen LogP contribution in [0, 0.1) is 0 Å². The van der Waals surface area contributed by atoms with Crippen LogP contribution in [-0.2, 0) is 17.7 Å². The summed E-state index contributed by atoms with van der Waals surface area (Å²) in [6.07, 6.45) is 3.08. The first-order valence-corrected chi connectivity index (χ1v) is 10.6. The highest BCUT2D eigenvalue weighted by Gasteiger charge is 2.09.